The number of ether oxygens (including phenoxy) is 4. The first-order valence-corrected chi connectivity index (χ1v) is 11.8. The summed E-state index contributed by atoms with van der Waals surface area (Å²) in [4.78, 5) is 28.1. The molecule has 2 aliphatic heterocycles. The largest absolute Gasteiger partial charge is 0.497 e. The van der Waals surface area contributed by atoms with Crippen molar-refractivity contribution in [3.8, 4) is 17.2 Å². The van der Waals surface area contributed by atoms with Crippen molar-refractivity contribution < 1.29 is 28.5 Å². The van der Waals surface area contributed by atoms with Gasteiger partial charge in [-0.25, -0.2) is 0 Å². The lowest BCUT2D eigenvalue weighted by Crippen LogP contribution is -2.38. The predicted octanol–water partition coefficient (Wildman–Crippen LogP) is 3.27. The topological polar surface area (TPSA) is 86.3 Å². The van der Waals surface area contributed by atoms with Crippen molar-refractivity contribution in [2.75, 3.05) is 40.1 Å². The van der Waals surface area contributed by atoms with Gasteiger partial charge in [0.25, 0.3) is 0 Å². The summed E-state index contributed by atoms with van der Waals surface area (Å²) in [7, 11) is 1.62. The molecule has 0 aromatic heterocycles. The fourth-order valence-electron chi connectivity index (χ4n) is 4.80. The smallest absolute Gasteiger partial charge is 0.311 e. The van der Waals surface area contributed by atoms with Crippen LogP contribution in [0.4, 0.5) is 0 Å². The Morgan fingerprint density at radius 2 is 1.79 bits per heavy atom. The van der Waals surface area contributed by atoms with Gasteiger partial charge in [-0.15, -0.1) is 0 Å². The van der Waals surface area contributed by atoms with Crippen LogP contribution in [0.15, 0.2) is 42.5 Å². The SMILES string of the molecule is CCCNC(=O)CN1C[C@H](c2ccc3c(c2)OCO3)[C@@H](C(=O)OCC)[C@@H]1c1ccc(OC)cc1. The minimum Gasteiger partial charge on any atom is -0.497 e. The van der Waals surface area contributed by atoms with E-state index in [9.17, 15) is 9.59 Å². The van der Waals surface area contributed by atoms with E-state index in [-0.39, 0.29) is 43.8 Å². The molecule has 0 saturated carbocycles. The normalized spacial score (nSPS) is 21.3. The van der Waals surface area contributed by atoms with E-state index in [1.54, 1.807) is 14.0 Å². The highest BCUT2D eigenvalue weighted by Crippen LogP contribution is 2.48. The van der Waals surface area contributed by atoms with E-state index in [0.29, 0.717) is 24.6 Å². The highest BCUT2D eigenvalue weighted by Gasteiger charge is 2.48. The molecule has 0 unspecified atom stereocenters. The van der Waals surface area contributed by atoms with Crippen LogP contribution in [0.25, 0.3) is 0 Å². The minimum atomic E-state index is -0.493. The average Bonchev–Trinajstić information content (AvgIpc) is 3.47. The molecule has 1 saturated heterocycles. The summed E-state index contributed by atoms with van der Waals surface area (Å²) in [5.41, 5.74) is 1.89. The lowest BCUT2D eigenvalue weighted by Gasteiger charge is -2.28. The predicted molar refractivity (Wildman–Crippen MR) is 126 cm³/mol. The maximum atomic E-state index is 13.3. The van der Waals surface area contributed by atoms with E-state index in [2.05, 4.69) is 10.2 Å². The summed E-state index contributed by atoms with van der Waals surface area (Å²) >= 11 is 0. The van der Waals surface area contributed by atoms with E-state index in [1.165, 1.54) is 0 Å². The third-order valence-electron chi connectivity index (χ3n) is 6.36. The van der Waals surface area contributed by atoms with Crippen LogP contribution < -0.4 is 19.5 Å². The fraction of sp³-hybridized carbons (Fsp3) is 0.462. The van der Waals surface area contributed by atoms with Gasteiger partial charge < -0.3 is 24.3 Å². The van der Waals surface area contributed by atoms with Gasteiger partial charge in [0.15, 0.2) is 11.5 Å². The molecule has 0 bridgehead atoms. The number of rotatable bonds is 9. The second-order valence-corrected chi connectivity index (χ2v) is 8.49. The second-order valence-electron chi connectivity index (χ2n) is 8.49. The maximum absolute atomic E-state index is 13.3. The molecule has 4 rings (SSSR count). The first-order chi connectivity index (χ1) is 16.5. The monoisotopic (exact) mass is 468 g/mol. The van der Waals surface area contributed by atoms with Crippen LogP contribution in [0.3, 0.4) is 0 Å². The van der Waals surface area contributed by atoms with Crippen LogP contribution in [-0.4, -0.2) is 56.9 Å². The van der Waals surface area contributed by atoms with Crippen molar-refractivity contribution in [2.24, 2.45) is 5.92 Å². The summed E-state index contributed by atoms with van der Waals surface area (Å²) in [5, 5.41) is 2.95. The van der Waals surface area contributed by atoms with Gasteiger partial charge in [0.1, 0.15) is 5.75 Å². The highest BCUT2D eigenvalue weighted by molar-refractivity contribution is 5.79. The van der Waals surface area contributed by atoms with Crippen LogP contribution in [0.2, 0.25) is 0 Å². The Hall–Kier alpha value is -3.26. The van der Waals surface area contributed by atoms with Crippen LogP contribution in [0, 0.1) is 5.92 Å². The van der Waals surface area contributed by atoms with Gasteiger partial charge in [0, 0.05) is 25.0 Å². The zero-order valence-electron chi connectivity index (χ0n) is 19.9. The molecule has 3 atom stereocenters. The van der Waals surface area contributed by atoms with Gasteiger partial charge in [-0.05, 0) is 48.7 Å². The lowest BCUT2D eigenvalue weighted by atomic mass is 9.82. The van der Waals surface area contributed by atoms with E-state index in [1.807, 2.05) is 49.4 Å². The van der Waals surface area contributed by atoms with Crippen molar-refractivity contribution in [3.05, 3.63) is 53.6 Å². The summed E-state index contributed by atoms with van der Waals surface area (Å²) in [5.74, 6) is 1.08. The number of likely N-dealkylation sites (tertiary alicyclic amines) is 1. The molecule has 182 valence electrons. The number of carbonyl (C=O) groups is 2. The third kappa shape index (κ3) is 4.97. The molecule has 0 spiro atoms. The van der Waals surface area contributed by atoms with Crippen molar-refractivity contribution >= 4 is 11.9 Å². The maximum Gasteiger partial charge on any atom is 0.311 e. The molecular weight excluding hydrogens is 436 g/mol. The number of nitrogens with one attached hydrogen (secondary N) is 1. The first kappa shape index (κ1) is 23.9. The number of esters is 1. The molecule has 2 aromatic carbocycles. The number of benzene rings is 2. The fourth-order valence-corrected chi connectivity index (χ4v) is 4.80. The van der Waals surface area contributed by atoms with E-state index in [0.717, 1.165) is 23.3 Å². The Balaban J connectivity index is 1.72. The van der Waals surface area contributed by atoms with Crippen molar-refractivity contribution in [2.45, 2.75) is 32.2 Å². The Morgan fingerprint density at radius 1 is 1.06 bits per heavy atom. The Morgan fingerprint density at radius 3 is 2.50 bits per heavy atom. The third-order valence-corrected chi connectivity index (χ3v) is 6.36. The number of nitrogens with zero attached hydrogens (tertiary/aromatic N) is 1. The molecular formula is C26H32N2O6. The van der Waals surface area contributed by atoms with Crippen LogP contribution in [0.1, 0.15) is 43.4 Å². The van der Waals surface area contributed by atoms with Crippen LogP contribution >= 0.6 is 0 Å². The molecule has 2 aromatic rings. The zero-order chi connectivity index (χ0) is 24.1. The Labute approximate surface area is 200 Å². The van der Waals surface area contributed by atoms with Gasteiger partial charge in [0.05, 0.1) is 26.2 Å². The summed E-state index contributed by atoms with van der Waals surface area (Å²) in [6.07, 6.45) is 0.860. The van der Waals surface area contributed by atoms with Crippen LogP contribution in [-0.2, 0) is 14.3 Å². The summed E-state index contributed by atoms with van der Waals surface area (Å²) in [6, 6.07) is 13.1. The zero-order valence-corrected chi connectivity index (χ0v) is 19.9. The first-order valence-electron chi connectivity index (χ1n) is 11.8. The number of carbonyl (C=O) groups excluding carboxylic acids is 2. The molecule has 1 amide bonds. The standard InChI is InChI=1S/C26H32N2O6/c1-4-12-27-23(29)15-28-14-20(18-8-11-21-22(13-18)34-16-33-21)24(26(30)32-5-2)25(28)17-6-9-19(31-3)10-7-17/h6-11,13,20,24-25H,4-5,12,14-16H2,1-3H3,(H,27,29)/t20-,24-,25+/m1/s1. The molecule has 1 fully saturated rings. The number of amides is 1. The van der Waals surface area contributed by atoms with Gasteiger partial charge in [-0.1, -0.05) is 25.1 Å². The van der Waals surface area contributed by atoms with Crippen molar-refractivity contribution in [3.63, 3.8) is 0 Å². The van der Waals surface area contributed by atoms with Crippen molar-refractivity contribution in [1.82, 2.24) is 10.2 Å². The Bertz CT molecular complexity index is 1010. The highest BCUT2D eigenvalue weighted by atomic mass is 16.7. The van der Waals surface area contributed by atoms with E-state index < -0.39 is 5.92 Å². The molecule has 1 N–H and O–H groups in total. The number of hydrogen-bond acceptors (Lipinski definition) is 7. The number of fused-ring (bicyclic) bond motifs is 1. The van der Waals surface area contributed by atoms with Gasteiger partial charge >= 0.3 is 5.97 Å². The van der Waals surface area contributed by atoms with Gasteiger partial charge in [-0.3, -0.25) is 14.5 Å². The quantitative estimate of drug-likeness (QED) is 0.565. The molecule has 2 heterocycles. The van der Waals surface area contributed by atoms with Gasteiger partial charge in [0.2, 0.25) is 12.7 Å². The minimum absolute atomic E-state index is 0.0608. The lowest BCUT2D eigenvalue weighted by molar-refractivity contribution is -0.149. The molecule has 34 heavy (non-hydrogen) atoms. The summed E-state index contributed by atoms with van der Waals surface area (Å²) in [6.45, 7) is 5.63. The number of hydrogen-bond donors (Lipinski definition) is 1. The van der Waals surface area contributed by atoms with Crippen molar-refractivity contribution in [1.29, 1.82) is 0 Å². The molecule has 2 aliphatic rings. The summed E-state index contributed by atoms with van der Waals surface area (Å²) < 4.78 is 21.9. The molecule has 0 radical (unpaired) electrons. The van der Waals surface area contributed by atoms with Gasteiger partial charge in [-0.2, -0.15) is 0 Å². The molecule has 8 nitrogen and oxygen atoms in total. The van der Waals surface area contributed by atoms with E-state index >= 15 is 0 Å². The number of methoxy groups -OCH3 is 1. The second kappa shape index (κ2) is 10.8. The average molecular weight is 469 g/mol. The molecule has 0 aliphatic carbocycles. The van der Waals surface area contributed by atoms with Crippen LogP contribution in [0.5, 0.6) is 17.2 Å². The Kier molecular flexibility index (Phi) is 7.57. The molecule has 8 heteroatoms. The van der Waals surface area contributed by atoms with E-state index in [4.69, 9.17) is 18.9 Å².